The van der Waals surface area contributed by atoms with Crippen molar-refractivity contribution in [2.45, 2.75) is 13.0 Å². The van der Waals surface area contributed by atoms with Gasteiger partial charge in [0, 0.05) is 18.2 Å². The average molecular weight is 245 g/mol. The summed E-state index contributed by atoms with van der Waals surface area (Å²) in [6.07, 6.45) is 0. The highest BCUT2D eigenvalue weighted by Crippen LogP contribution is 2.16. The van der Waals surface area contributed by atoms with Gasteiger partial charge in [0.25, 0.3) is 0 Å². The first-order chi connectivity index (χ1) is 8.15. The summed E-state index contributed by atoms with van der Waals surface area (Å²) in [6.45, 7) is 3.58. The van der Waals surface area contributed by atoms with Gasteiger partial charge in [-0.15, -0.1) is 0 Å². The van der Waals surface area contributed by atoms with Crippen molar-refractivity contribution in [2.75, 3.05) is 26.4 Å². The first kappa shape index (κ1) is 14.0. The number of hydrogen-bond donors (Lipinski definition) is 1. The Balaban J connectivity index is 2.38. The van der Waals surface area contributed by atoms with E-state index in [1.807, 2.05) is 6.92 Å². The summed E-state index contributed by atoms with van der Waals surface area (Å²) < 4.78 is 36.3. The second-order valence-electron chi connectivity index (χ2n) is 3.54. The zero-order valence-electron chi connectivity index (χ0n) is 9.79. The molecule has 0 amide bonds. The summed E-state index contributed by atoms with van der Waals surface area (Å²) in [5, 5.41) is 0. The Bertz CT molecular complexity index is 347. The summed E-state index contributed by atoms with van der Waals surface area (Å²) in [5.74, 6) is -1.26. The predicted molar refractivity (Wildman–Crippen MR) is 60.6 cm³/mol. The normalized spacial score (nSPS) is 12.7. The van der Waals surface area contributed by atoms with Crippen LogP contribution >= 0.6 is 0 Å². The van der Waals surface area contributed by atoms with E-state index in [0.29, 0.717) is 19.8 Å². The summed E-state index contributed by atoms with van der Waals surface area (Å²) in [6, 6.07) is 2.73. The molecule has 0 saturated carbocycles. The fraction of sp³-hybridized carbons (Fsp3) is 0.500. The van der Waals surface area contributed by atoms with Gasteiger partial charge in [-0.05, 0) is 13.0 Å². The third-order valence-electron chi connectivity index (χ3n) is 2.24. The molecule has 96 valence electrons. The lowest BCUT2D eigenvalue weighted by molar-refractivity contribution is 0.0469. The van der Waals surface area contributed by atoms with Gasteiger partial charge in [0.05, 0.1) is 25.9 Å². The Morgan fingerprint density at radius 3 is 2.59 bits per heavy atom. The van der Waals surface area contributed by atoms with Gasteiger partial charge in [0.2, 0.25) is 0 Å². The van der Waals surface area contributed by atoms with Crippen molar-refractivity contribution in [3.05, 3.63) is 35.4 Å². The number of rotatable bonds is 7. The minimum atomic E-state index is -0.647. The molecule has 2 N–H and O–H groups in total. The van der Waals surface area contributed by atoms with Gasteiger partial charge in [-0.2, -0.15) is 0 Å². The highest BCUT2D eigenvalue weighted by Gasteiger charge is 2.12. The van der Waals surface area contributed by atoms with Crippen LogP contribution in [0.3, 0.4) is 0 Å². The van der Waals surface area contributed by atoms with Gasteiger partial charge < -0.3 is 15.2 Å². The maximum absolute atomic E-state index is 13.3. The highest BCUT2D eigenvalue weighted by atomic mass is 19.1. The molecule has 0 radical (unpaired) electrons. The lowest BCUT2D eigenvalue weighted by Crippen LogP contribution is -2.20. The third kappa shape index (κ3) is 4.77. The average Bonchev–Trinajstić information content (AvgIpc) is 2.28. The topological polar surface area (TPSA) is 44.5 Å². The maximum Gasteiger partial charge on any atom is 0.130 e. The Kier molecular flexibility index (Phi) is 6.04. The van der Waals surface area contributed by atoms with Crippen molar-refractivity contribution in [1.29, 1.82) is 0 Å². The molecule has 1 aromatic rings. The van der Waals surface area contributed by atoms with Crippen molar-refractivity contribution in [3.63, 3.8) is 0 Å². The molecular formula is C12H17F2NO2. The van der Waals surface area contributed by atoms with Gasteiger partial charge in [0.15, 0.2) is 0 Å². The van der Waals surface area contributed by atoms with Crippen molar-refractivity contribution in [1.82, 2.24) is 0 Å². The largest absolute Gasteiger partial charge is 0.379 e. The first-order valence-corrected chi connectivity index (χ1v) is 5.51. The van der Waals surface area contributed by atoms with E-state index < -0.39 is 17.7 Å². The van der Waals surface area contributed by atoms with E-state index in [1.54, 1.807) is 0 Å². The van der Waals surface area contributed by atoms with Gasteiger partial charge in [-0.3, -0.25) is 0 Å². The third-order valence-corrected chi connectivity index (χ3v) is 2.24. The molecule has 1 aromatic carbocycles. The zero-order chi connectivity index (χ0) is 12.7. The Morgan fingerprint density at radius 2 is 1.94 bits per heavy atom. The molecule has 1 atom stereocenters. The van der Waals surface area contributed by atoms with Crippen molar-refractivity contribution < 1.29 is 18.3 Å². The molecule has 0 saturated heterocycles. The van der Waals surface area contributed by atoms with Crippen molar-refractivity contribution in [3.8, 4) is 0 Å². The molecule has 1 rings (SSSR count). The van der Waals surface area contributed by atoms with Gasteiger partial charge in [-0.1, -0.05) is 6.07 Å². The molecular weight excluding hydrogens is 228 g/mol. The predicted octanol–water partition coefficient (Wildman–Crippen LogP) is 2.02. The van der Waals surface area contributed by atoms with Crippen LogP contribution in [0.2, 0.25) is 0 Å². The van der Waals surface area contributed by atoms with Crippen molar-refractivity contribution in [2.24, 2.45) is 5.73 Å². The molecule has 17 heavy (non-hydrogen) atoms. The molecule has 3 nitrogen and oxygen atoms in total. The molecule has 0 fully saturated rings. The van der Waals surface area contributed by atoms with E-state index in [0.717, 1.165) is 6.07 Å². The van der Waals surface area contributed by atoms with Crippen LogP contribution in [0.25, 0.3) is 0 Å². The lowest BCUT2D eigenvalue weighted by atomic mass is 10.1. The van der Waals surface area contributed by atoms with Gasteiger partial charge >= 0.3 is 0 Å². The van der Waals surface area contributed by atoms with Crippen LogP contribution < -0.4 is 5.73 Å². The van der Waals surface area contributed by atoms with Crippen LogP contribution in [0.15, 0.2) is 18.2 Å². The van der Waals surface area contributed by atoms with Crippen LogP contribution in [0.1, 0.15) is 18.5 Å². The van der Waals surface area contributed by atoms with Gasteiger partial charge in [-0.25, -0.2) is 8.78 Å². The summed E-state index contributed by atoms with van der Waals surface area (Å²) in [4.78, 5) is 0. The van der Waals surface area contributed by atoms with Gasteiger partial charge in [0.1, 0.15) is 11.6 Å². The van der Waals surface area contributed by atoms with E-state index in [-0.39, 0.29) is 12.2 Å². The Labute approximate surface area is 99.5 Å². The number of hydrogen-bond acceptors (Lipinski definition) is 3. The molecule has 0 spiro atoms. The first-order valence-electron chi connectivity index (χ1n) is 5.51. The van der Waals surface area contributed by atoms with E-state index in [9.17, 15) is 8.78 Å². The summed E-state index contributed by atoms with van der Waals surface area (Å²) in [7, 11) is 0. The van der Waals surface area contributed by atoms with Crippen LogP contribution in [0.4, 0.5) is 8.78 Å². The second-order valence-corrected chi connectivity index (χ2v) is 3.54. The number of benzene rings is 1. The van der Waals surface area contributed by atoms with E-state index in [4.69, 9.17) is 15.2 Å². The van der Waals surface area contributed by atoms with Crippen LogP contribution in [-0.4, -0.2) is 26.4 Å². The Morgan fingerprint density at radius 1 is 1.24 bits per heavy atom. The Hall–Kier alpha value is -1.04. The SMILES string of the molecule is CCOCCOCC(N)c1ccc(F)cc1F. The zero-order valence-corrected chi connectivity index (χ0v) is 9.79. The monoisotopic (exact) mass is 245 g/mol. The molecule has 0 aliphatic carbocycles. The summed E-state index contributed by atoms with van der Waals surface area (Å²) >= 11 is 0. The number of ether oxygens (including phenoxy) is 2. The molecule has 5 heteroatoms. The minimum Gasteiger partial charge on any atom is -0.379 e. The summed E-state index contributed by atoms with van der Waals surface area (Å²) in [5.41, 5.74) is 5.98. The smallest absolute Gasteiger partial charge is 0.130 e. The van der Waals surface area contributed by atoms with E-state index in [2.05, 4.69) is 0 Å². The van der Waals surface area contributed by atoms with E-state index >= 15 is 0 Å². The fourth-order valence-electron chi connectivity index (χ4n) is 1.36. The molecule has 1 unspecified atom stereocenters. The second kappa shape index (κ2) is 7.32. The van der Waals surface area contributed by atoms with Crippen molar-refractivity contribution >= 4 is 0 Å². The molecule has 0 aliphatic rings. The van der Waals surface area contributed by atoms with Crippen LogP contribution in [-0.2, 0) is 9.47 Å². The molecule has 0 aliphatic heterocycles. The highest BCUT2D eigenvalue weighted by molar-refractivity contribution is 5.21. The standard InChI is InChI=1S/C12H17F2NO2/c1-2-16-5-6-17-8-12(15)10-4-3-9(13)7-11(10)14/h3-4,7,12H,2,5-6,8,15H2,1H3. The minimum absolute atomic E-state index is 0.176. The lowest BCUT2D eigenvalue weighted by Gasteiger charge is -2.13. The number of nitrogens with two attached hydrogens (primary N) is 1. The maximum atomic E-state index is 13.3. The number of halogens is 2. The van der Waals surface area contributed by atoms with Crippen LogP contribution in [0.5, 0.6) is 0 Å². The molecule has 0 aromatic heterocycles. The van der Waals surface area contributed by atoms with E-state index in [1.165, 1.54) is 12.1 Å². The van der Waals surface area contributed by atoms with Crippen LogP contribution in [0, 0.1) is 11.6 Å². The molecule has 0 heterocycles. The quantitative estimate of drug-likeness (QED) is 0.747. The fourth-order valence-corrected chi connectivity index (χ4v) is 1.36. The molecule has 0 bridgehead atoms.